The van der Waals surface area contributed by atoms with E-state index in [1.807, 2.05) is 29.3 Å². The molecule has 3 aliphatic heterocycles. The fourth-order valence-electron chi connectivity index (χ4n) is 6.26. The van der Waals surface area contributed by atoms with Gasteiger partial charge in [0.1, 0.15) is 6.17 Å². The molecule has 13 heteroatoms. The van der Waals surface area contributed by atoms with E-state index < -0.39 is 48.1 Å². The fourth-order valence-corrected chi connectivity index (χ4v) is 7.37. The monoisotopic (exact) mass is 625 g/mol. The number of amides is 1. The molecule has 10 nitrogen and oxygen atoms in total. The molecule has 2 aromatic carbocycles. The van der Waals surface area contributed by atoms with Crippen molar-refractivity contribution in [1.82, 2.24) is 9.58 Å². The number of rotatable bonds is 6. The first-order valence-electron chi connectivity index (χ1n) is 14.4. The smallest absolute Gasteiger partial charge is 0.451 e. The number of aromatic nitrogens is 1. The van der Waals surface area contributed by atoms with Crippen LogP contribution in [0.5, 0.6) is 5.75 Å². The van der Waals surface area contributed by atoms with Crippen LogP contribution in [0.15, 0.2) is 58.4 Å². The molecule has 0 spiro atoms. The topological polar surface area (TPSA) is 99.5 Å². The van der Waals surface area contributed by atoms with E-state index in [-0.39, 0.29) is 35.0 Å². The molecule has 1 saturated carbocycles. The third-order valence-corrected chi connectivity index (χ3v) is 9.53. The standard InChI is InChI=1S/C31H29F2N3O7S/c1-40-31(39)42-16-41-29-23(37)11-13-35-28(29)30(38)34-12-10-18(43-17-6-7-17)14-25(34)36(35)27-19-8-9-22(32)26(33)21(19)15-44-24-5-3-2-4-20(24)27/h2-5,8-9,11,13,17-18,25,27H,6-7,10,12,14-16H2,1H3/t18?,25-,27+/m1/s1. The average molecular weight is 626 g/mol. The number of nitrogens with zero attached hydrogens (tertiary/aromatic N) is 3. The van der Waals surface area contributed by atoms with Crippen molar-refractivity contribution in [3.05, 3.63) is 92.9 Å². The zero-order chi connectivity index (χ0) is 30.5. The number of hydrogen-bond donors (Lipinski definition) is 0. The van der Waals surface area contributed by atoms with Crippen LogP contribution in [0.3, 0.4) is 0 Å². The van der Waals surface area contributed by atoms with Gasteiger partial charge in [-0.15, -0.1) is 11.8 Å². The van der Waals surface area contributed by atoms with Crippen LogP contribution >= 0.6 is 11.8 Å². The zero-order valence-corrected chi connectivity index (χ0v) is 24.6. The predicted octanol–water partition coefficient (Wildman–Crippen LogP) is 4.70. The number of pyridine rings is 1. The molecule has 0 bridgehead atoms. The number of piperidine rings is 1. The van der Waals surface area contributed by atoms with Crippen molar-refractivity contribution in [2.45, 2.75) is 60.7 Å². The Morgan fingerprint density at radius 1 is 1.02 bits per heavy atom. The Labute approximate surface area is 255 Å². The molecule has 230 valence electrons. The predicted molar refractivity (Wildman–Crippen MR) is 154 cm³/mol. The lowest BCUT2D eigenvalue weighted by Crippen LogP contribution is -2.65. The maximum absolute atomic E-state index is 15.5. The summed E-state index contributed by atoms with van der Waals surface area (Å²) in [6.45, 7) is -0.324. The lowest BCUT2D eigenvalue weighted by Gasteiger charge is -2.53. The molecule has 1 aliphatic carbocycles. The maximum atomic E-state index is 15.5. The number of carbonyl (C=O) groups is 2. The average Bonchev–Trinajstić information content (AvgIpc) is 3.86. The number of methoxy groups -OCH3 is 1. The highest BCUT2D eigenvalue weighted by Gasteiger charge is 2.48. The molecule has 2 fully saturated rings. The Morgan fingerprint density at radius 2 is 1.84 bits per heavy atom. The van der Waals surface area contributed by atoms with Crippen molar-refractivity contribution in [3.8, 4) is 5.75 Å². The van der Waals surface area contributed by atoms with Crippen molar-refractivity contribution >= 4 is 23.8 Å². The van der Waals surface area contributed by atoms with Crippen LogP contribution < -0.4 is 15.2 Å². The van der Waals surface area contributed by atoms with Gasteiger partial charge in [-0.3, -0.25) is 19.3 Å². The lowest BCUT2D eigenvalue weighted by molar-refractivity contribution is -0.0298. The second-order valence-electron chi connectivity index (χ2n) is 11.1. The molecule has 1 saturated heterocycles. The number of carbonyl (C=O) groups excluding carboxylic acids is 2. The Kier molecular flexibility index (Phi) is 7.45. The van der Waals surface area contributed by atoms with E-state index in [1.165, 1.54) is 24.0 Å². The summed E-state index contributed by atoms with van der Waals surface area (Å²) < 4.78 is 52.9. The van der Waals surface area contributed by atoms with Crippen molar-refractivity contribution in [3.63, 3.8) is 0 Å². The summed E-state index contributed by atoms with van der Waals surface area (Å²) in [7, 11) is 1.13. The summed E-state index contributed by atoms with van der Waals surface area (Å²) in [4.78, 5) is 41.4. The van der Waals surface area contributed by atoms with Crippen LogP contribution in [-0.4, -0.2) is 60.5 Å². The van der Waals surface area contributed by atoms with Crippen molar-refractivity contribution in [1.29, 1.82) is 0 Å². The van der Waals surface area contributed by atoms with Gasteiger partial charge in [-0.25, -0.2) is 13.6 Å². The normalized spacial score (nSPS) is 22.2. The highest BCUT2D eigenvalue weighted by molar-refractivity contribution is 7.98. The van der Waals surface area contributed by atoms with Crippen LogP contribution in [0.4, 0.5) is 13.6 Å². The van der Waals surface area contributed by atoms with Gasteiger partial charge in [-0.05, 0) is 42.5 Å². The van der Waals surface area contributed by atoms with Gasteiger partial charge in [0.15, 0.2) is 17.3 Å². The van der Waals surface area contributed by atoms with E-state index in [9.17, 15) is 18.8 Å². The van der Waals surface area contributed by atoms with Crippen LogP contribution in [0.25, 0.3) is 0 Å². The van der Waals surface area contributed by atoms with E-state index >= 15 is 4.39 Å². The summed E-state index contributed by atoms with van der Waals surface area (Å²) >= 11 is 1.41. The first-order valence-corrected chi connectivity index (χ1v) is 15.4. The Morgan fingerprint density at radius 3 is 2.64 bits per heavy atom. The van der Waals surface area contributed by atoms with E-state index in [0.29, 0.717) is 24.9 Å². The molecule has 7 rings (SSSR count). The van der Waals surface area contributed by atoms with Gasteiger partial charge in [0, 0.05) is 41.4 Å². The van der Waals surface area contributed by atoms with E-state index in [4.69, 9.17) is 14.2 Å². The molecular formula is C31H29F2N3O7S. The number of halogens is 2. The summed E-state index contributed by atoms with van der Waals surface area (Å²) in [5, 5.41) is 1.94. The Bertz CT molecular complexity index is 1700. The molecular weight excluding hydrogens is 596 g/mol. The molecule has 3 atom stereocenters. The van der Waals surface area contributed by atoms with Gasteiger partial charge in [0.25, 0.3) is 5.91 Å². The van der Waals surface area contributed by atoms with Crippen molar-refractivity contribution in [2.24, 2.45) is 0 Å². The van der Waals surface area contributed by atoms with Gasteiger partial charge in [0.05, 0.1) is 25.4 Å². The number of hydrogen-bond acceptors (Lipinski definition) is 9. The minimum Gasteiger partial charge on any atom is -0.451 e. The van der Waals surface area contributed by atoms with Gasteiger partial charge in [-0.2, -0.15) is 0 Å². The number of fused-ring (bicyclic) bond motifs is 4. The lowest BCUT2D eigenvalue weighted by atomic mass is 9.91. The molecule has 44 heavy (non-hydrogen) atoms. The number of thioether (sulfide) groups is 1. The first kappa shape index (κ1) is 28.7. The SMILES string of the molecule is COC(=O)OCOc1c2n(ccc1=O)N([C@@H]1c3ccccc3SCc3c1ccc(F)c3F)[C@@H]1CC(OC3CC3)CCN1C2=O. The quantitative estimate of drug-likeness (QED) is 0.285. The van der Waals surface area contributed by atoms with Gasteiger partial charge in [-0.1, -0.05) is 24.3 Å². The molecule has 1 aromatic heterocycles. The van der Waals surface area contributed by atoms with Crippen LogP contribution in [-0.2, 0) is 20.0 Å². The number of ether oxygens (including phenoxy) is 4. The Balaban J connectivity index is 1.42. The van der Waals surface area contributed by atoms with Gasteiger partial charge < -0.3 is 23.8 Å². The minimum absolute atomic E-state index is 0.0673. The second kappa shape index (κ2) is 11.4. The molecule has 1 amide bonds. The maximum Gasteiger partial charge on any atom is 0.510 e. The first-order chi connectivity index (χ1) is 21.4. The van der Waals surface area contributed by atoms with Crippen LogP contribution in [0.1, 0.15) is 58.9 Å². The largest absolute Gasteiger partial charge is 0.510 e. The molecule has 4 heterocycles. The van der Waals surface area contributed by atoms with E-state index in [1.54, 1.807) is 15.6 Å². The minimum atomic E-state index is -1.01. The highest BCUT2D eigenvalue weighted by Crippen LogP contribution is 2.46. The van der Waals surface area contributed by atoms with Crippen molar-refractivity contribution < 1.29 is 37.3 Å². The third kappa shape index (κ3) is 4.97. The van der Waals surface area contributed by atoms with Gasteiger partial charge in [0.2, 0.25) is 18.0 Å². The zero-order valence-electron chi connectivity index (χ0n) is 23.7. The molecule has 1 unspecified atom stereocenters. The summed E-state index contributed by atoms with van der Waals surface area (Å²) in [6, 6.07) is 10.9. The van der Waals surface area contributed by atoms with Crippen molar-refractivity contribution in [2.75, 3.05) is 25.5 Å². The van der Waals surface area contributed by atoms with Crippen LogP contribution in [0.2, 0.25) is 0 Å². The van der Waals surface area contributed by atoms with Crippen LogP contribution in [0, 0.1) is 11.6 Å². The molecule has 4 aliphatic rings. The van der Waals surface area contributed by atoms with E-state index in [2.05, 4.69) is 4.74 Å². The van der Waals surface area contributed by atoms with Gasteiger partial charge >= 0.3 is 6.16 Å². The molecule has 0 N–H and O–H groups in total. The third-order valence-electron chi connectivity index (χ3n) is 8.41. The molecule has 0 radical (unpaired) electrons. The fraction of sp³-hybridized carbons (Fsp3) is 0.387. The summed E-state index contributed by atoms with van der Waals surface area (Å²) in [5.74, 6) is -2.39. The Hall–Kier alpha value is -4.10. The number of benzene rings is 2. The second-order valence-corrected chi connectivity index (χ2v) is 12.1. The highest BCUT2D eigenvalue weighted by atomic mass is 32.2. The summed E-state index contributed by atoms with van der Waals surface area (Å²) in [5.41, 5.74) is 0.952. The van der Waals surface area contributed by atoms with E-state index in [0.717, 1.165) is 36.5 Å². The summed E-state index contributed by atoms with van der Waals surface area (Å²) in [6.07, 6.45) is 3.05. The molecule has 3 aromatic rings.